The first kappa shape index (κ1) is 16.1. The van der Waals surface area contributed by atoms with Gasteiger partial charge in [0.2, 0.25) is 5.91 Å². The Morgan fingerprint density at radius 2 is 1.83 bits per heavy atom. The number of thioether (sulfide) groups is 1. The number of hydrogen-bond acceptors (Lipinski definition) is 4. The monoisotopic (exact) mass is 347 g/mol. The maximum Gasteiger partial charge on any atom is 0.251 e. The summed E-state index contributed by atoms with van der Waals surface area (Å²) in [7, 11) is 0. The molecule has 1 spiro atoms. The van der Waals surface area contributed by atoms with Gasteiger partial charge < -0.3 is 14.8 Å². The van der Waals surface area contributed by atoms with E-state index in [2.05, 4.69) is 5.32 Å². The first-order valence-electron chi connectivity index (χ1n) is 9.16. The quantitative estimate of drug-likeness (QED) is 0.855. The van der Waals surface area contributed by atoms with Crippen LogP contribution in [0.4, 0.5) is 5.69 Å². The molecule has 5 heteroatoms. The molecule has 24 heavy (non-hydrogen) atoms. The van der Waals surface area contributed by atoms with Crippen molar-refractivity contribution < 1.29 is 14.3 Å². The van der Waals surface area contributed by atoms with E-state index in [4.69, 9.17) is 9.47 Å². The lowest BCUT2D eigenvalue weighted by Gasteiger charge is -2.21. The molecule has 2 aliphatic carbocycles. The molecule has 4 rings (SSSR count). The van der Waals surface area contributed by atoms with Crippen molar-refractivity contribution in [2.45, 2.75) is 68.8 Å². The molecule has 2 fully saturated rings. The summed E-state index contributed by atoms with van der Waals surface area (Å²) < 4.78 is 12.1. The number of carbonyl (C=O) groups is 1. The summed E-state index contributed by atoms with van der Waals surface area (Å²) in [5.74, 6) is 1.71. The van der Waals surface area contributed by atoms with Crippen molar-refractivity contribution in [1.29, 1.82) is 0 Å². The van der Waals surface area contributed by atoms with E-state index in [1.54, 1.807) is 11.8 Å². The summed E-state index contributed by atoms with van der Waals surface area (Å²) in [6.45, 7) is 0. The number of hydrogen-bond donors (Lipinski definition) is 1. The minimum absolute atomic E-state index is 0.0695. The molecule has 0 aromatic heterocycles. The molecule has 1 aromatic carbocycles. The molecule has 1 heterocycles. The third kappa shape index (κ3) is 3.51. The average Bonchev–Trinajstić information content (AvgIpc) is 3.20. The number of fused-ring (bicyclic) bond motifs is 1. The molecule has 2 saturated carbocycles. The molecule has 1 N–H and O–H groups in total. The lowest BCUT2D eigenvalue weighted by atomic mass is 10.0. The minimum Gasteiger partial charge on any atom is -0.448 e. The summed E-state index contributed by atoms with van der Waals surface area (Å²) in [5, 5.41) is 3.65. The van der Waals surface area contributed by atoms with Gasteiger partial charge >= 0.3 is 0 Å². The highest BCUT2D eigenvalue weighted by Crippen LogP contribution is 2.47. The van der Waals surface area contributed by atoms with Crippen LogP contribution in [0.3, 0.4) is 0 Å². The van der Waals surface area contributed by atoms with Gasteiger partial charge in [-0.15, -0.1) is 11.8 Å². The lowest BCUT2D eigenvalue weighted by molar-refractivity contribution is -0.113. The molecule has 130 valence electrons. The van der Waals surface area contributed by atoms with Gasteiger partial charge in [0.25, 0.3) is 5.79 Å². The van der Waals surface area contributed by atoms with Gasteiger partial charge in [0.15, 0.2) is 11.5 Å². The standard InChI is InChI=1S/C19H25NO3S/c21-18(13-24-15-6-2-1-3-7-15)20-14-8-9-16-17(12-14)23-19(22-16)10-4-5-11-19/h8-9,12,15H,1-7,10-11,13H2,(H,20,21). The minimum atomic E-state index is -0.443. The van der Waals surface area contributed by atoms with E-state index >= 15 is 0 Å². The number of ether oxygens (including phenoxy) is 2. The molecule has 0 unspecified atom stereocenters. The van der Waals surface area contributed by atoms with Crippen LogP contribution < -0.4 is 14.8 Å². The fourth-order valence-electron chi connectivity index (χ4n) is 3.91. The van der Waals surface area contributed by atoms with Gasteiger partial charge in [0.05, 0.1) is 5.75 Å². The average molecular weight is 347 g/mol. The van der Waals surface area contributed by atoms with E-state index in [0.29, 0.717) is 11.0 Å². The number of carbonyl (C=O) groups excluding carboxylic acids is 1. The Bertz CT molecular complexity index is 607. The first-order valence-corrected chi connectivity index (χ1v) is 10.2. The highest BCUT2D eigenvalue weighted by atomic mass is 32.2. The number of nitrogens with one attached hydrogen (secondary N) is 1. The topological polar surface area (TPSA) is 47.6 Å². The zero-order valence-corrected chi connectivity index (χ0v) is 14.8. The van der Waals surface area contributed by atoms with Crippen molar-refractivity contribution in [3.63, 3.8) is 0 Å². The SMILES string of the molecule is O=C(CSC1CCCCC1)Nc1ccc2c(c1)OC1(CCCC1)O2. The largest absolute Gasteiger partial charge is 0.448 e. The number of benzene rings is 1. The summed E-state index contributed by atoms with van der Waals surface area (Å²) >= 11 is 1.80. The van der Waals surface area contributed by atoms with Crippen molar-refractivity contribution in [2.24, 2.45) is 0 Å². The summed E-state index contributed by atoms with van der Waals surface area (Å²) in [6.07, 6.45) is 10.7. The van der Waals surface area contributed by atoms with Crippen molar-refractivity contribution in [3.05, 3.63) is 18.2 Å². The summed E-state index contributed by atoms with van der Waals surface area (Å²) in [6, 6.07) is 5.71. The Balaban J connectivity index is 1.32. The van der Waals surface area contributed by atoms with E-state index in [1.165, 1.54) is 32.1 Å². The van der Waals surface area contributed by atoms with E-state index in [1.807, 2.05) is 18.2 Å². The number of amides is 1. The lowest BCUT2D eigenvalue weighted by Crippen LogP contribution is -2.34. The molecule has 4 nitrogen and oxygen atoms in total. The van der Waals surface area contributed by atoms with Crippen LogP contribution in [0.25, 0.3) is 0 Å². The Kier molecular flexibility index (Phi) is 4.61. The van der Waals surface area contributed by atoms with Gasteiger partial charge in [-0.25, -0.2) is 0 Å². The van der Waals surface area contributed by atoms with Crippen molar-refractivity contribution in [3.8, 4) is 11.5 Å². The second-order valence-corrected chi connectivity index (χ2v) is 8.39. The predicted molar refractivity (Wildman–Crippen MR) is 96.9 cm³/mol. The Morgan fingerprint density at radius 1 is 1.08 bits per heavy atom. The predicted octanol–water partition coefficient (Wildman–Crippen LogP) is 4.73. The van der Waals surface area contributed by atoms with E-state index < -0.39 is 5.79 Å². The van der Waals surface area contributed by atoms with Crippen LogP contribution >= 0.6 is 11.8 Å². The fraction of sp³-hybridized carbons (Fsp3) is 0.632. The van der Waals surface area contributed by atoms with E-state index in [9.17, 15) is 4.79 Å². The highest BCUT2D eigenvalue weighted by molar-refractivity contribution is 8.00. The Hall–Kier alpha value is -1.36. The Labute approximate surface area is 147 Å². The maximum atomic E-state index is 12.2. The normalized spacial score (nSPS) is 22.0. The van der Waals surface area contributed by atoms with Crippen LogP contribution in [0.1, 0.15) is 57.8 Å². The van der Waals surface area contributed by atoms with Crippen LogP contribution in [-0.2, 0) is 4.79 Å². The van der Waals surface area contributed by atoms with Gasteiger partial charge in [0, 0.05) is 29.8 Å². The molecule has 0 saturated heterocycles. The molecule has 0 atom stereocenters. The zero-order chi connectivity index (χ0) is 16.4. The second kappa shape index (κ2) is 6.87. The van der Waals surface area contributed by atoms with Crippen molar-refractivity contribution >= 4 is 23.4 Å². The van der Waals surface area contributed by atoms with E-state index in [-0.39, 0.29) is 5.91 Å². The van der Waals surface area contributed by atoms with Crippen LogP contribution in [0.15, 0.2) is 18.2 Å². The summed E-state index contributed by atoms with van der Waals surface area (Å²) in [4.78, 5) is 12.2. The maximum absolute atomic E-state index is 12.2. The smallest absolute Gasteiger partial charge is 0.251 e. The first-order chi connectivity index (χ1) is 11.7. The summed E-state index contributed by atoms with van der Waals surface area (Å²) in [5.41, 5.74) is 0.793. The number of rotatable bonds is 4. The molecule has 0 bridgehead atoms. The zero-order valence-electron chi connectivity index (χ0n) is 14.0. The van der Waals surface area contributed by atoms with Gasteiger partial charge in [-0.1, -0.05) is 19.3 Å². The highest BCUT2D eigenvalue weighted by Gasteiger charge is 2.44. The van der Waals surface area contributed by atoms with Crippen LogP contribution in [-0.4, -0.2) is 22.7 Å². The molecule has 1 aliphatic heterocycles. The van der Waals surface area contributed by atoms with E-state index in [0.717, 1.165) is 42.9 Å². The van der Waals surface area contributed by atoms with Crippen LogP contribution in [0, 0.1) is 0 Å². The van der Waals surface area contributed by atoms with Gasteiger partial charge in [-0.2, -0.15) is 0 Å². The molecular weight excluding hydrogens is 322 g/mol. The van der Waals surface area contributed by atoms with Crippen molar-refractivity contribution in [2.75, 3.05) is 11.1 Å². The second-order valence-electron chi connectivity index (χ2n) is 7.10. The molecule has 1 aromatic rings. The van der Waals surface area contributed by atoms with Gasteiger partial charge in [-0.3, -0.25) is 4.79 Å². The number of anilines is 1. The third-order valence-corrected chi connectivity index (χ3v) is 6.56. The molecule has 1 amide bonds. The van der Waals surface area contributed by atoms with Crippen LogP contribution in [0.5, 0.6) is 11.5 Å². The molecule has 0 radical (unpaired) electrons. The van der Waals surface area contributed by atoms with Crippen molar-refractivity contribution in [1.82, 2.24) is 0 Å². The molecule has 3 aliphatic rings. The Morgan fingerprint density at radius 3 is 2.62 bits per heavy atom. The van der Waals surface area contributed by atoms with Crippen LogP contribution in [0.2, 0.25) is 0 Å². The van der Waals surface area contributed by atoms with Gasteiger partial charge in [0.1, 0.15) is 0 Å². The fourth-order valence-corrected chi connectivity index (χ4v) is 5.04. The third-order valence-electron chi connectivity index (χ3n) is 5.19. The van der Waals surface area contributed by atoms with Gasteiger partial charge in [-0.05, 0) is 37.8 Å². The molecular formula is C19H25NO3S.